The molecule has 15 aromatic rings. The van der Waals surface area contributed by atoms with Crippen LogP contribution in [-0.2, 0) is 0 Å². The Kier molecular flexibility index (Phi) is 9.78. The molecule has 350 valence electrons. The van der Waals surface area contributed by atoms with Crippen LogP contribution in [0.15, 0.2) is 264 Å². The largest absolute Gasteiger partial charge is 0.456 e. The Morgan fingerprint density at radius 3 is 1.53 bits per heavy atom. The van der Waals surface area contributed by atoms with E-state index in [9.17, 15) is 0 Å². The highest BCUT2D eigenvalue weighted by atomic mass is 16.3. The van der Waals surface area contributed by atoms with Gasteiger partial charge in [-0.25, -0.2) is 15.0 Å². The Bertz CT molecular complexity index is 4650. The van der Waals surface area contributed by atoms with Gasteiger partial charge in [-0.3, -0.25) is 0 Å². The number of rotatable bonds is 8. The molecule has 0 spiro atoms. The number of fused-ring (bicyclic) bond motifs is 9. The van der Waals surface area contributed by atoms with Crippen LogP contribution in [0.1, 0.15) is 0 Å². The molecule has 4 heterocycles. The number of benzene rings is 11. The molecule has 0 aliphatic rings. The van der Waals surface area contributed by atoms with Gasteiger partial charge in [-0.1, -0.05) is 200 Å². The van der Waals surface area contributed by atoms with Gasteiger partial charge in [0.1, 0.15) is 22.3 Å². The molecule has 0 atom stereocenters. The lowest BCUT2D eigenvalue weighted by atomic mass is 9.94. The minimum absolute atomic E-state index is 0.606. The maximum atomic E-state index is 6.96. The van der Waals surface area contributed by atoms with Gasteiger partial charge < -0.3 is 13.4 Å². The van der Waals surface area contributed by atoms with Crippen molar-refractivity contribution in [2.75, 3.05) is 0 Å². The van der Waals surface area contributed by atoms with E-state index in [-0.39, 0.29) is 0 Å². The van der Waals surface area contributed by atoms with Gasteiger partial charge in [0.25, 0.3) is 0 Å². The summed E-state index contributed by atoms with van der Waals surface area (Å²) in [6.45, 7) is 0. The first-order valence-corrected chi connectivity index (χ1v) is 25.2. The molecule has 0 aliphatic heterocycles. The first-order valence-electron chi connectivity index (χ1n) is 25.2. The van der Waals surface area contributed by atoms with Gasteiger partial charge in [-0.15, -0.1) is 0 Å². The van der Waals surface area contributed by atoms with Crippen LogP contribution >= 0.6 is 0 Å². The van der Waals surface area contributed by atoms with E-state index in [4.69, 9.17) is 23.8 Å². The van der Waals surface area contributed by atoms with E-state index >= 15 is 0 Å². The molecule has 0 radical (unpaired) electrons. The standard InChI is InChI=1S/C69H42N4O2/c1-4-18-43(19-5-1)46-36-37-60-57(40-46)53-28-10-12-33-59(53)73(60)61-42-64-58(54-29-11-13-34-62(54)74-64)41-56(61)49-26-14-25-48(38-49)52-31-16-32-55-65-51(30-17-35-63(65)75-66(52)55)47-24-15-27-50(39-47)69-71-67(44-20-6-2-7-21-44)70-68(72-69)45-22-8-3-9-23-45/h1-42H. The van der Waals surface area contributed by atoms with E-state index < -0.39 is 0 Å². The highest BCUT2D eigenvalue weighted by Gasteiger charge is 2.22. The summed E-state index contributed by atoms with van der Waals surface area (Å²) in [5, 5.41) is 6.63. The highest BCUT2D eigenvalue weighted by molar-refractivity contribution is 6.16. The number of para-hydroxylation sites is 3. The molecule has 6 nitrogen and oxygen atoms in total. The molecule has 0 amide bonds. The lowest BCUT2D eigenvalue weighted by Crippen LogP contribution is -2.00. The van der Waals surface area contributed by atoms with Crippen LogP contribution in [0.5, 0.6) is 0 Å². The summed E-state index contributed by atoms with van der Waals surface area (Å²) in [5.41, 5.74) is 18.1. The lowest BCUT2D eigenvalue weighted by molar-refractivity contribution is 0.668. The molecule has 0 saturated carbocycles. The van der Waals surface area contributed by atoms with E-state index in [0.717, 1.165) is 111 Å². The molecule has 11 aromatic carbocycles. The van der Waals surface area contributed by atoms with E-state index in [1.165, 1.54) is 21.9 Å². The monoisotopic (exact) mass is 958 g/mol. The molecule has 0 saturated heterocycles. The fourth-order valence-electron chi connectivity index (χ4n) is 11.2. The quantitative estimate of drug-likeness (QED) is 0.152. The smallest absolute Gasteiger partial charge is 0.164 e. The second-order valence-electron chi connectivity index (χ2n) is 19.1. The maximum Gasteiger partial charge on any atom is 0.164 e. The number of hydrogen-bond donors (Lipinski definition) is 0. The third-order valence-corrected chi connectivity index (χ3v) is 14.7. The van der Waals surface area contributed by atoms with Crippen molar-refractivity contribution in [3.05, 3.63) is 255 Å². The first-order chi connectivity index (χ1) is 37.2. The van der Waals surface area contributed by atoms with Crippen LogP contribution in [0.2, 0.25) is 0 Å². The zero-order chi connectivity index (χ0) is 49.4. The zero-order valence-electron chi connectivity index (χ0n) is 40.4. The van der Waals surface area contributed by atoms with Gasteiger partial charge in [-0.2, -0.15) is 0 Å². The van der Waals surface area contributed by atoms with E-state index in [1.54, 1.807) is 0 Å². The molecule has 75 heavy (non-hydrogen) atoms. The fraction of sp³-hybridized carbons (Fsp3) is 0. The van der Waals surface area contributed by atoms with Gasteiger partial charge in [-0.05, 0) is 81.9 Å². The van der Waals surface area contributed by atoms with Crippen molar-refractivity contribution >= 4 is 65.7 Å². The summed E-state index contributed by atoms with van der Waals surface area (Å²) < 4.78 is 16.0. The van der Waals surface area contributed by atoms with E-state index in [2.05, 4.69) is 193 Å². The van der Waals surface area contributed by atoms with Crippen LogP contribution in [0.25, 0.3) is 150 Å². The Balaban J connectivity index is 0.875. The summed E-state index contributed by atoms with van der Waals surface area (Å²) in [6, 6.07) is 89.4. The molecule has 0 aliphatic carbocycles. The molecule has 0 bridgehead atoms. The first kappa shape index (κ1) is 42.5. The molecule has 6 heteroatoms. The van der Waals surface area contributed by atoms with Crippen molar-refractivity contribution in [1.29, 1.82) is 0 Å². The predicted octanol–water partition coefficient (Wildman–Crippen LogP) is 18.4. The Labute approximate surface area is 431 Å². The highest BCUT2D eigenvalue weighted by Crippen LogP contribution is 2.45. The van der Waals surface area contributed by atoms with Crippen molar-refractivity contribution in [2.45, 2.75) is 0 Å². The van der Waals surface area contributed by atoms with Crippen LogP contribution in [0.4, 0.5) is 0 Å². The average molecular weight is 959 g/mol. The van der Waals surface area contributed by atoms with Crippen LogP contribution in [-0.4, -0.2) is 19.5 Å². The Morgan fingerprint density at radius 1 is 0.267 bits per heavy atom. The average Bonchev–Trinajstić information content (AvgIpc) is 4.17. The van der Waals surface area contributed by atoms with E-state index in [0.29, 0.717) is 17.5 Å². The van der Waals surface area contributed by atoms with E-state index in [1.807, 2.05) is 66.7 Å². The Morgan fingerprint density at radius 2 is 0.787 bits per heavy atom. The molecule has 15 rings (SSSR count). The van der Waals surface area contributed by atoms with Crippen molar-refractivity contribution in [3.8, 4) is 84.4 Å². The normalized spacial score (nSPS) is 11.7. The van der Waals surface area contributed by atoms with Gasteiger partial charge in [0, 0.05) is 66.2 Å². The van der Waals surface area contributed by atoms with Gasteiger partial charge in [0.2, 0.25) is 0 Å². The topological polar surface area (TPSA) is 69.9 Å². The summed E-state index contributed by atoms with van der Waals surface area (Å²) in [7, 11) is 0. The zero-order valence-corrected chi connectivity index (χ0v) is 40.4. The number of hydrogen-bond acceptors (Lipinski definition) is 5. The molecule has 0 fully saturated rings. The van der Waals surface area contributed by atoms with Crippen molar-refractivity contribution in [2.24, 2.45) is 0 Å². The summed E-state index contributed by atoms with van der Waals surface area (Å²) in [5.74, 6) is 1.86. The van der Waals surface area contributed by atoms with Crippen molar-refractivity contribution < 1.29 is 8.83 Å². The third-order valence-electron chi connectivity index (χ3n) is 14.7. The number of aromatic nitrogens is 4. The third kappa shape index (κ3) is 7.14. The minimum Gasteiger partial charge on any atom is -0.456 e. The SMILES string of the molecule is c1ccc(-c2ccc3c(c2)c2ccccc2n3-c2cc3oc4ccccc4c3cc2-c2cccc(-c3cccc4c3oc3cccc(-c5cccc(-c6nc(-c7ccccc7)nc(-c7ccccc7)n6)c5)c34)c2)cc1. The predicted molar refractivity (Wildman–Crippen MR) is 307 cm³/mol. The lowest BCUT2D eigenvalue weighted by Gasteiger charge is -2.16. The molecular formula is C69H42N4O2. The second-order valence-corrected chi connectivity index (χ2v) is 19.1. The molecular weight excluding hydrogens is 917 g/mol. The van der Waals surface area contributed by atoms with Crippen LogP contribution in [0.3, 0.4) is 0 Å². The fourth-order valence-corrected chi connectivity index (χ4v) is 11.2. The summed E-state index contributed by atoms with van der Waals surface area (Å²) >= 11 is 0. The molecule has 4 aromatic heterocycles. The van der Waals surface area contributed by atoms with Gasteiger partial charge in [0.15, 0.2) is 17.5 Å². The van der Waals surface area contributed by atoms with Gasteiger partial charge >= 0.3 is 0 Å². The molecule has 0 N–H and O–H groups in total. The van der Waals surface area contributed by atoms with Crippen molar-refractivity contribution in [3.63, 3.8) is 0 Å². The second kappa shape index (κ2) is 17.3. The van der Waals surface area contributed by atoms with Gasteiger partial charge in [0.05, 0.1) is 16.7 Å². The Hall–Kier alpha value is -10.2. The minimum atomic E-state index is 0.606. The summed E-state index contributed by atoms with van der Waals surface area (Å²) in [4.78, 5) is 15.0. The van der Waals surface area contributed by atoms with Crippen LogP contribution in [0, 0.1) is 0 Å². The number of furan rings is 2. The van der Waals surface area contributed by atoms with Crippen LogP contribution < -0.4 is 0 Å². The van der Waals surface area contributed by atoms with Crippen molar-refractivity contribution in [1.82, 2.24) is 19.5 Å². The maximum absolute atomic E-state index is 6.96. The number of nitrogens with zero attached hydrogens (tertiary/aromatic N) is 4. The summed E-state index contributed by atoms with van der Waals surface area (Å²) in [6.07, 6.45) is 0. The molecule has 0 unspecified atom stereocenters.